The predicted octanol–water partition coefficient (Wildman–Crippen LogP) is 9.75. The van der Waals surface area contributed by atoms with Crippen molar-refractivity contribution in [3.63, 3.8) is 0 Å². The van der Waals surface area contributed by atoms with Crippen molar-refractivity contribution in [1.29, 1.82) is 0 Å². The zero-order chi connectivity index (χ0) is 25.1. The number of carbonyl (C=O) groups is 1. The Hall–Kier alpha value is -1.52. The second-order valence-electron chi connectivity index (χ2n) is 11.2. The van der Waals surface area contributed by atoms with Crippen LogP contribution in [-0.4, -0.2) is 5.97 Å². The van der Waals surface area contributed by atoms with Crippen LogP contribution in [0.2, 0.25) is 0 Å². The van der Waals surface area contributed by atoms with Crippen LogP contribution in [-0.2, 0) is 11.0 Å². The molecule has 0 atom stereocenters. The van der Waals surface area contributed by atoms with Crippen LogP contribution in [0, 0.1) is 23.7 Å². The molecule has 0 N–H and O–H groups in total. The largest absolute Gasteiger partial charge is 0.427 e. The van der Waals surface area contributed by atoms with Crippen LogP contribution >= 0.6 is 0 Å². The minimum atomic E-state index is -4.38. The molecular formula is C30H45F3O2. The third-order valence-corrected chi connectivity index (χ3v) is 8.59. The molecule has 2 aliphatic carbocycles. The Balaban J connectivity index is 1.26. The van der Waals surface area contributed by atoms with Crippen molar-refractivity contribution in [3.05, 3.63) is 29.8 Å². The highest BCUT2D eigenvalue weighted by Crippen LogP contribution is 2.43. The number of benzene rings is 1. The van der Waals surface area contributed by atoms with E-state index >= 15 is 0 Å². The Kier molecular flexibility index (Phi) is 11.4. The van der Waals surface area contributed by atoms with Gasteiger partial charge in [-0.15, -0.1) is 0 Å². The molecule has 2 aliphatic rings. The first kappa shape index (κ1) is 28.1. The monoisotopic (exact) mass is 494 g/mol. The lowest BCUT2D eigenvalue weighted by molar-refractivity contribution is -0.137. The summed E-state index contributed by atoms with van der Waals surface area (Å²) in [7, 11) is 0. The molecule has 0 spiro atoms. The summed E-state index contributed by atoms with van der Waals surface area (Å²) in [5.41, 5.74) is -0.736. The number of hydrogen-bond acceptors (Lipinski definition) is 2. The van der Waals surface area contributed by atoms with Gasteiger partial charge in [0.2, 0.25) is 0 Å². The molecule has 0 radical (unpaired) electrons. The average molecular weight is 495 g/mol. The van der Waals surface area contributed by atoms with Crippen LogP contribution < -0.4 is 4.74 Å². The Morgan fingerprint density at radius 2 is 1.29 bits per heavy atom. The fourth-order valence-corrected chi connectivity index (χ4v) is 6.33. The number of carbonyl (C=O) groups excluding carboxylic acids is 1. The van der Waals surface area contributed by atoms with E-state index in [9.17, 15) is 18.0 Å². The van der Waals surface area contributed by atoms with Gasteiger partial charge in [-0.05, 0) is 80.0 Å². The van der Waals surface area contributed by atoms with Crippen LogP contribution in [0.5, 0.6) is 5.75 Å². The number of unbranched alkanes of at least 4 members (excludes halogenated alkanes) is 5. The summed E-state index contributed by atoms with van der Waals surface area (Å²) in [6, 6.07) is 4.33. The molecule has 35 heavy (non-hydrogen) atoms. The maximum Gasteiger partial charge on any atom is 0.416 e. The first-order valence-electron chi connectivity index (χ1n) is 14.2. The van der Waals surface area contributed by atoms with Gasteiger partial charge in [0.25, 0.3) is 0 Å². The van der Waals surface area contributed by atoms with E-state index in [0.717, 1.165) is 36.3 Å². The molecule has 0 heterocycles. The zero-order valence-corrected chi connectivity index (χ0v) is 21.6. The molecule has 0 aromatic heterocycles. The van der Waals surface area contributed by atoms with Crippen LogP contribution in [0.25, 0.3) is 0 Å². The Morgan fingerprint density at radius 3 is 1.83 bits per heavy atom. The second kappa shape index (κ2) is 14.3. The van der Waals surface area contributed by atoms with Gasteiger partial charge in [0.05, 0.1) is 5.56 Å². The van der Waals surface area contributed by atoms with Crippen molar-refractivity contribution in [1.82, 2.24) is 0 Å². The fraction of sp³-hybridized carbons (Fsp3) is 0.767. The number of hydrogen-bond donors (Lipinski definition) is 0. The van der Waals surface area contributed by atoms with Gasteiger partial charge in [0.1, 0.15) is 5.75 Å². The van der Waals surface area contributed by atoms with E-state index in [4.69, 9.17) is 4.74 Å². The molecule has 1 aromatic rings. The summed E-state index contributed by atoms with van der Waals surface area (Å²) < 4.78 is 43.2. The molecule has 0 saturated heterocycles. The van der Waals surface area contributed by atoms with Crippen molar-refractivity contribution in [2.24, 2.45) is 23.7 Å². The zero-order valence-electron chi connectivity index (χ0n) is 21.6. The summed E-state index contributed by atoms with van der Waals surface area (Å²) in [4.78, 5) is 12.2. The van der Waals surface area contributed by atoms with Crippen LogP contribution in [0.15, 0.2) is 24.3 Å². The smallest absolute Gasteiger partial charge is 0.416 e. The van der Waals surface area contributed by atoms with Crippen LogP contribution in [0.1, 0.15) is 122 Å². The minimum absolute atomic E-state index is 0.179. The van der Waals surface area contributed by atoms with E-state index < -0.39 is 11.7 Å². The lowest BCUT2D eigenvalue weighted by atomic mass is 9.68. The van der Waals surface area contributed by atoms with Gasteiger partial charge < -0.3 is 4.74 Å². The van der Waals surface area contributed by atoms with Crippen molar-refractivity contribution in [2.75, 3.05) is 0 Å². The van der Waals surface area contributed by atoms with E-state index in [1.807, 2.05) is 0 Å². The van der Waals surface area contributed by atoms with Gasteiger partial charge >= 0.3 is 12.1 Å². The Morgan fingerprint density at radius 1 is 0.771 bits per heavy atom. The summed E-state index contributed by atoms with van der Waals surface area (Å²) in [6.07, 6.45) is 17.2. The standard InChI is InChI=1S/C30H45F3O2/c1-2-3-4-5-6-7-8-23-9-14-25(15-10-23)26-16-11-24(12-17-26)13-22-29(34)35-28-20-18-27(19-21-28)30(31,32)33/h18-21,23-26H,2-17,22H2,1H3/t23-,24?,25-,26?. The SMILES string of the molecule is CCCCCCCC[C@H]1CC[C@H](C2CCC(CCC(=O)Oc3ccc(C(F)(F)F)cc3)CC2)CC1. The van der Waals surface area contributed by atoms with Crippen LogP contribution in [0.3, 0.4) is 0 Å². The average Bonchev–Trinajstić information content (AvgIpc) is 2.85. The van der Waals surface area contributed by atoms with Gasteiger partial charge in [0, 0.05) is 6.42 Å². The van der Waals surface area contributed by atoms with E-state index in [0.29, 0.717) is 12.3 Å². The van der Waals surface area contributed by atoms with E-state index in [1.165, 1.54) is 108 Å². The molecule has 198 valence electrons. The summed E-state index contributed by atoms with van der Waals surface area (Å²) in [5, 5.41) is 0. The molecule has 0 unspecified atom stereocenters. The third kappa shape index (κ3) is 9.80. The maximum atomic E-state index is 12.7. The van der Waals surface area contributed by atoms with Gasteiger partial charge in [-0.3, -0.25) is 4.79 Å². The second-order valence-corrected chi connectivity index (χ2v) is 11.2. The lowest BCUT2D eigenvalue weighted by Crippen LogP contribution is -2.26. The number of alkyl halides is 3. The van der Waals surface area contributed by atoms with Gasteiger partial charge in [-0.1, -0.05) is 77.6 Å². The molecule has 2 nitrogen and oxygen atoms in total. The molecule has 1 aromatic carbocycles. The van der Waals surface area contributed by atoms with Crippen LogP contribution in [0.4, 0.5) is 13.2 Å². The van der Waals surface area contributed by atoms with E-state index in [2.05, 4.69) is 6.92 Å². The first-order valence-corrected chi connectivity index (χ1v) is 14.2. The normalized spacial score (nSPS) is 25.4. The molecule has 3 rings (SSSR count). The minimum Gasteiger partial charge on any atom is -0.427 e. The van der Waals surface area contributed by atoms with E-state index in [1.54, 1.807) is 0 Å². The molecule has 2 saturated carbocycles. The Bertz CT molecular complexity index is 727. The number of rotatable bonds is 12. The van der Waals surface area contributed by atoms with Crippen molar-refractivity contribution >= 4 is 5.97 Å². The number of ether oxygens (including phenoxy) is 1. The summed E-state index contributed by atoms with van der Waals surface area (Å²) >= 11 is 0. The lowest BCUT2D eigenvalue weighted by Gasteiger charge is -2.38. The molecule has 5 heteroatoms. The summed E-state index contributed by atoms with van der Waals surface area (Å²) in [5.74, 6) is 3.12. The van der Waals surface area contributed by atoms with Crippen molar-refractivity contribution in [2.45, 2.75) is 122 Å². The Labute approximate surface area is 210 Å². The highest BCUT2D eigenvalue weighted by atomic mass is 19.4. The van der Waals surface area contributed by atoms with Crippen molar-refractivity contribution < 1.29 is 22.7 Å². The molecule has 0 amide bonds. The topological polar surface area (TPSA) is 26.3 Å². The molecular weight excluding hydrogens is 449 g/mol. The quantitative estimate of drug-likeness (QED) is 0.164. The van der Waals surface area contributed by atoms with Gasteiger partial charge in [-0.2, -0.15) is 13.2 Å². The maximum absolute atomic E-state index is 12.7. The van der Waals surface area contributed by atoms with Crippen molar-refractivity contribution in [3.8, 4) is 5.75 Å². The fourth-order valence-electron chi connectivity index (χ4n) is 6.33. The third-order valence-electron chi connectivity index (χ3n) is 8.59. The highest BCUT2D eigenvalue weighted by Gasteiger charge is 2.31. The number of halogens is 3. The van der Waals surface area contributed by atoms with Gasteiger partial charge in [-0.25, -0.2) is 0 Å². The van der Waals surface area contributed by atoms with E-state index in [-0.39, 0.29) is 11.7 Å². The molecule has 2 fully saturated rings. The molecule has 0 bridgehead atoms. The highest BCUT2D eigenvalue weighted by molar-refractivity contribution is 5.72. The predicted molar refractivity (Wildman–Crippen MR) is 135 cm³/mol. The first-order chi connectivity index (χ1) is 16.8. The molecule has 0 aliphatic heterocycles. The number of esters is 1. The summed E-state index contributed by atoms with van der Waals surface area (Å²) in [6.45, 7) is 2.27. The van der Waals surface area contributed by atoms with Gasteiger partial charge in [0.15, 0.2) is 0 Å².